The molecule has 1 aliphatic rings. The number of benzene rings is 1. The summed E-state index contributed by atoms with van der Waals surface area (Å²) in [5, 5.41) is 3.47. The SMILES string of the molecule is COC(=O)c1ccc(N[C@H]2C[C@@H](C)N(C(C)=O)c3ccc(-n4cnc(C)c4)cc32)nc1. The molecule has 0 saturated carbocycles. The molecule has 1 aromatic carbocycles. The van der Waals surface area contributed by atoms with Gasteiger partial charge in [-0.25, -0.2) is 14.8 Å². The maximum absolute atomic E-state index is 12.4. The van der Waals surface area contributed by atoms with Gasteiger partial charge in [0.2, 0.25) is 5.91 Å². The number of fused-ring (bicyclic) bond motifs is 1. The summed E-state index contributed by atoms with van der Waals surface area (Å²) in [5.74, 6) is 0.239. The predicted molar refractivity (Wildman–Crippen MR) is 117 cm³/mol. The molecule has 0 bridgehead atoms. The van der Waals surface area contributed by atoms with Crippen LogP contribution in [0, 0.1) is 6.92 Å². The molecule has 4 rings (SSSR count). The third kappa shape index (κ3) is 4.01. The zero-order valence-electron chi connectivity index (χ0n) is 18.0. The number of amides is 1. The molecule has 2 atom stereocenters. The summed E-state index contributed by atoms with van der Waals surface area (Å²) in [6.07, 6.45) is 5.96. The minimum absolute atomic E-state index is 0.0129. The second kappa shape index (κ2) is 8.22. The summed E-state index contributed by atoms with van der Waals surface area (Å²) in [4.78, 5) is 34.5. The summed E-state index contributed by atoms with van der Waals surface area (Å²) < 4.78 is 6.70. The van der Waals surface area contributed by atoms with E-state index in [0.717, 1.165) is 29.1 Å². The molecule has 8 nitrogen and oxygen atoms in total. The largest absolute Gasteiger partial charge is 0.465 e. The highest BCUT2D eigenvalue weighted by molar-refractivity contribution is 5.94. The number of hydrogen-bond donors (Lipinski definition) is 1. The average Bonchev–Trinajstić information content (AvgIpc) is 3.19. The first-order valence-electron chi connectivity index (χ1n) is 10.1. The van der Waals surface area contributed by atoms with Crippen LogP contribution in [-0.4, -0.2) is 39.6 Å². The maximum atomic E-state index is 12.4. The summed E-state index contributed by atoms with van der Waals surface area (Å²) >= 11 is 0. The lowest BCUT2D eigenvalue weighted by atomic mass is 9.91. The van der Waals surface area contributed by atoms with Crippen molar-refractivity contribution in [2.75, 3.05) is 17.3 Å². The second-order valence-electron chi connectivity index (χ2n) is 7.76. The van der Waals surface area contributed by atoms with E-state index in [-0.39, 0.29) is 18.0 Å². The van der Waals surface area contributed by atoms with Gasteiger partial charge in [0.05, 0.1) is 30.7 Å². The predicted octanol–water partition coefficient (Wildman–Crippen LogP) is 3.66. The van der Waals surface area contributed by atoms with Gasteiger partial charge in [0.1, 0.15) is 5.82 Å². The molecular formula is C23H25N5O3. The minimum Gasteiger partial charge on any atom is -0.465 e. The van der Waals surface area contributed by atoms with E-state index in [1.165, 1.54) is 13.3 Å². The molecule has 3 aromatic rings. The van der Waals surface area contributed by atoms with Crippen molar-refractivity contribution in [2.45, 2.75) is 39.3 Å². The van der Waals surface area contributed by atoms with Crippen LogP contribution in [0.1, 0.15) is 47.9 Å². The van der Waals surface area contributed by atoms with E-state index < -0.39 is 5.97 Å². The Morgan fingerprint density at radius 2 is 2.00 bits per heavy atom. The fourth-order valence-electron chi connectivity index (χ4n) is 4.09. The number of carbonyl (C=O) groups excluding carboxylic acids is 2. The van der Waals surface area contributed by atoms with E-state index in [1.54, 1.807) is 25.4 Å². The third-order valence-corrected chi connectivity index (χ3v) is 5.52. The lowest BCUT2D eigenvalue weighted by Crippen LogP contribution is -2.43. The van der Waals surface area contributed by atoms with Gasteiger partial charge in [0.15, 0.2) is 0 Å². The molecule has 1 amide bonds. The van der Waals surface area contributed by atoms with Crippen LogP contribution in [0.2, 0.25) is 0 Å². The van der Waals surface area contributed by atoms with E-state index in [0.29, 0.717) is 11.4 Å². The van der Waals surface area contributed by atoms with Crippen LogP contribution < -0.4 is 10.2 Å². The number of methoxy groups -OCH3 is 1. The number of imidazole rings is 1. The topological polar surface area (TPSA) is 89.4 Å². The summed E-state index contributed by atoms with van der Waals surface area (Å²) in [7, 11) is 1.34. The molecule has 0 saturated heterocycles. The highest BCUT2D eigenvalue weighted by atomic mass is 16.5. The Morgan fingerprint density at radius 3 is 2.61 bits per heavy atom. The number of rotatable bonds is 4. The van der Waals surface area contributed by atoms with Gasteiger partial charge in [-0.2, -0.15) is 0 Å². The van der Waals surface area contributed by atoms with Gasteiger partial charge >= 0.3 is 5.97 Å². The summed E-state index contributed by atoms with van der Waals surface area (Å²) in [5.41, 5.74) is 4.19. The third-order valence-electron chi connectivity index (χ3n) is 5.52. The number of carbonyl (C=O) groups is 2. The molecular weight excluding hydrogens is 394 g/mol. The Kier molecular flexibility index (Phi) is 5.46. The number of esters is 1. The normalized spacial score (nSPS) is 17.7. The van der Waals surface area contributed by atoms with E-state index in [1.807, 2.05) is 41.6 Å². The van der Waals surface area contributed by atoms with E-state index >= 15 is 0 Å². The molecule has 160 valence electrons. The Balaban J connectivity index is 1.71. The van der Waals surface area contributed by atoms with Crippen LogP contribution in [0.15, 0.2) is 49.1 Å². The fraction of sp³-hybridized carbons (Fsp3) is 0.304. The number of aromatic nitrogens is 3. The zero-order valence-corrected chi connectivity index (χ0v) is 18.0. The van der Waals surface area contributed by atoms with Crippen LogP contribution in [-0.2, 0) is 9.53 Å². The molecule has 0 spiro atoms. The summed E-state index contributed by atoms with van der Waals surface area (Å²) in [6.45, 7) is 5.58. The highest BCUT2D eigenvalue weighted by Gasteiger charge is 2.33. The molecule has 3 heterocycles. The smallest absolute Gasteiger partial charge is 0.339 e. The lowest BCUT2D eigenvalue weighted by molar-refractivity contribution is -0.117. The van der Waals surface area contributed by atoms with Gasteiger partial charge in [0.25, 0.3) is 0 Å². The number of ether oxygens (including phenoxy) is 1. The Labute approximate surface area is 180 Å². The van der Waals surface area contributed by atoms with Crippen LogP contribution in [0.5, 0.6) is 0 Å². The van der Waals surface area contributed by atoms with Crippen molar-refractivity contribution < 1.29 is 14.3 Å². The molecule has 1 aliphatic heterocycles. The van der Waals surface area contributed by atoms with Crippen LogP contribution in [0.4, 0.5) is 11.5 Å². The molecule has 0 fully saturated rings. The number of anilines is 2. The van der Waals surface area contributed by atoms with Crippen molar-refractivity contribution in [1.29, 1.82) is 0 Å². The van der Waals surface area contributed by atoms with Crippen molar-refractivity contribution in [2.24, 2.45) is 0 Å². The average molecular weight is 419 g/mol. The monoisotopic (exact) mass is 419 g/mol. The second-order valence-corrected chi connectivity index (χ2v) is 7.76. The number of pyridine rings is 1. The van der Waals surface area contributed by atoms with E-state index in [2.05, 4.69) is 21.4 Å². The Bertz CT molecular complexity index is 1120. The number of aryl methyl sites for hydroxylation is 1. The molecule has 31 heavy (non-hydrogen) atoms. The molecule has 0 aliphatic carbocycles. The molecule has 0 radical (unpaired) electrons. The number of nitrogens with zero attached hydrogens (tertiary/aromatic N) is 4. The summed E-state index contributed by atoms with van der Waals surface area (Å²) in [6, 6.07) is 9.48. The quantitative estimate of drug-likeness (QED) is 0.649. The first kappa shape index (κ1) is 20.6. The van der Waals surface area contributed by atoms with Crippen LogP contribution in [0.25, 0.3) is 5.69 Å². The highest BCUT2D eigenvalue weighted by Crippen LogP contribution is 2.40. The van der Waals surface area contributed by atoms with Crippen molar-refractivity contribution in [3.8, 4) is 5.69 Å². The number of hydrogen-bond acceptors (Lipinski definition) is 6. The van der Waals surface area contributed by atoms with Crippen LogP contribution in [0.3, 0.4) is 0 Å². The van der Waals surface area contributed by atoms with Gasteiger partial charge < -0.3 is 19.5 Å². The maximum Gasteiger partial charge on any atom is 0.339 e. The fourth-order valence-corrected chi connectivity index (χ4v) is 4.09. The van der Waals surface area contributed by atoms with Crippen LogP contribution >= 0.6 is 0 Å². The number of nitrogens with one attached hydrogen (secondary N) is 1. The molecule has 8 heteroatoms. The lowest BCUT2D eigenvalue weighted by Gasteiger charge is -2.39. The Morgan fingerprint density at radius 1 is 1.19 bits per heavy atom. The molecule has 2 aromatic heterocycles. The van der Waals surface area contributed by atoms with E-state index in [9.17, 15) is 9.59 Å². The van der Waals surface area contributed by atoms with Crippen molar-refractivity contribution in [1.82, 2.24) is 14.5 Å². The standard InChI is InChI=1S/C23H25N5O3/c1-14-12-27(13-25-14)18-6-7-21-19(10-18)20(9-15(2)28(21)16(3)29)26-22-8-5-17(11-24-22)23(30)31-4/h5-8,10-13,15,20H,9H2,1-4H3,(H,24,26)/t15-,20+/m1/s1. The van der Waals surface area contributed by atoms with Gasteiger partial charge in [-0.05, 0) is 50.6 Å². The van der Waals surface area contributed by atoms with Crippen molar-refractivity contribution >= 4 is 23.4 Å². The zero-order chi connectivity index (χ0) is 22.1. The first-order chi connectivity index (χ1) is 14.9. The minimum atomic E-state index is -0.423. The molecule has 0 unspecified atom stereocenters. The van der Waals surface area contributed by atoms with Gasteiger partial charge in [-0.15, -0.1) is 0 Å². The van der Waals surface area contributed by atoms with Crippen molar-refractivity contribution in [3.05, 3.63) is 65.9 Å². The Hall–Kier alpha value is -3.68. The van der Waals surface area contributed by atoms with Crippen molar-refractivity contribution in [3.63, 3.8) is 0 Å². The van der Waals surface area contributed by atoms with E-state index in [4.69, 9.17) is 4.74 Å². The van der Waals surface area contributed by atoms with Gasteiger partial charge in [-0.1, -0.05) is 0 Å². The van der Waals surface area contributed by atoms with Gasteiger partial charge in [-0.3, -0.25) is 4.79 Å². The molecule has 1 N–H and O–H groups in total. The first-order valence-corrected chi connectivity index (χ1v) is 10.1. The van der Waals surface area contributed by atoms with Gasteiger partial charge in [0, 0.05) is 42.3 Å².